The van der Waals surface area contributed by atoms with Crippen LogP contribution >= 0.6 is 32.9 Å². The number of alkyl halides is 1. The van der Waals surface area contributed by atoms with E-state index in [1.54, 1.807) is 12.3 Å². The number of nitrogens with zero attached hydrogens (tertiary/aromatic N) is 1. The first-order valence-electron chi connectivity index (χ1n) is 3.91. The first-order valence-corrected chi connectivity index (χ1v) is 5.03. The lowest BCUT2D eigenvalue weighted by Gasteiger charge is -2.02. The predicted octanol–water partition coefficient (Wildman–Crippen LogP) is 3.85. The van der Waals surface area contributed by atoms with Crippen molar-refractivity contribution in [1.82, 2.24) is 4.98 Å². The van der Waals surface area contributed by atoms with Crippen molar-refractivity contribution in [2.24, 2.45) is 0 Å². The van der Waals surface area contributed by atoms with Crippen LogP contribution < -0.4 is 0 Å². The molecule has 0 radical (unpaired) electrons. The quantitative estimate of drug-likeness (QED) is 0.727. The van der Waals surface area contributed by atoms with Crippen molar-refractivity contribution < 1.29 is 4.39 Å². The molecule has 0 unspecified atom stereocenters. The van der Waals surface area contributed by atoms with Crippen LogP contribution in [0.1, 0.15) is 5.56 Å². The van der Waals surface area contributed by atoms with E-state index in [1.807, 2.05) is 12.1 Å². The van der Waals surface area contributed by atoms with Crippen molar-refractivity contribution in [3.05, 3.63) is 41.8 Å². The van der Waals surface area contributed by atoms with E-state index in [0.717, 1.165) is 16.3 Å². The van der Waals surface area contributed by atoms with Crippen LogP contribution in [0.15, 0.2) is 30.5 Å². The average Bonchev–Trinajstić information content (AvgIpc) is 2.19. The third kappa shape index (κ3) is 1.96. The predicted molar refractivity (Wildman–Crippen MR) is 64.7 cm³/mol. The molecule has 0 amide bonds. The maximum Gasteiger partial charge on any atom is 0.149 e. The summed E-state index contributed by atoms with van der Waals surface area (Å²) >= 11 is 3.35. The van der Waals surface area contributed by atoms with Gasteiger partial charge in [0.15, 0.2) is 0 Å². The van der Waals surface area contributed by atoms with E-state index in [0.29, 0.717) is 5.52 Å². The Balaban J connectivity index is 0.000000980. The summed E-state index contributed by atoms with van der Waals surface area (Å²) in [4.78, 5) is 3.99. The summed E-state index contributed by atoms with van der Waals surface area (Å²) in [5.74, 6) is -0.264. The summed E-state index contributed by atoms with van der Waals surface area (Å²) in [6.45, 7) is 0. The Hall–Kier alpha value is -0.480. The largest absolute Gasteiger partial charge is 0.253 e. The number of hydrogen-bond acceptors (Lipinski definition) is 1. The zero-order chi connectivity index (χ0) is 9.26. The highest BCUT2D eigenvalue weighted by molar-refractivity contribution is 9.08. The van der Waals surface area contributed by atoms with E-state index < -0.39 is 0 Å². The molecule has 1 aromatic heterocycles. The molecule has 1 heterocycles. The third-order valence-corrected chi connectivity index (χ3v) is 2.56. The van der Waals surface area contributed by atoms with Crippen molar-refractivity contribution in [1.29, 1.82) is 0 Å². The van der Waals surface area contributed by atoms with Gasteiger partial charge in [-0.05, 0) is 17.7 Å². The van der Waals surface area contributed by atoms with Crippen LogP contribution in [0, 0.1) is 5.82 Å². The Morgan fingerprint density at radius 2 is 2.07 bits per heavy atom. The zero-order valence-corrected chi connectivity index (χ0v) is 10.5. The van der Waals surface area contributed by atoms with Crippen LogP contribution in [0.4, 0.5) is 4.39 Å². The van der Waals surface area contributed by atoms with Gasteiger partial charge in [-0.25, -0.2) is 4.39 Å². The van der Waals surface area contributed by atoms with Crippen LogP contribution in [0.3, 0.4) is 0 Å². The van der Waals surface area contributed by atoms with E-state index in [1.165, 1.54) is 6.07 Å². The Bertz CT molecular complexity index is 445. The van der Waals surface area contributed by atoms with Gasteiger partial charge in [0.05, 0.1) is 0 Å². The molecular weight excluding hydrogens is 313 g/mol. The summed E-state index contributed by atoms with van der Waals surface area (Å²) in [6, 6.07) is 6.91. The molecule has 0 aliphatic rings. The number of benzene rings is 1. The molecule has 0 fully saturated rings. The number of fused-ring (bicyclic) bond motifs is 1. The lowest BCUT2D eigenvalue weighted by Crippen LogP contribution is -1.87. The maximum absolute atomic E-state index is 13.2. The first-order chi connectivity index (χ1) is 6.33. The average molecular weight is 321 g/mol. The lowest BCUT2D eigenvalue weighted by atomic mass is 10.1. The lowest BCUT2D eigenvalue weighted by molar-refractivity contribution is 0.636. The second-order valence-corrected chi connectivity index (χ2v) is 3.30. The molecule has 0 spiro atoms. The molecule has 0 N–H and O–H groups in total. The van der Waals surface area contributed by atoms with Gasteiger partial charge >= 0.3 is 0 Å². The van der Waals surface area contributed by atoms with Crippen LogP contribution in [0.25, 0.3) is 10.9 Å². The molecule has 0 bridgehead atoms. The molecule has 0 saturated heterocycles. The van der Waals surface area contributed by atoms with Gasteiger partial charge in [-0.2, -0.15) is 0 Å². The maximum atomic E-state index is 13.2. The van der Waals surface area contributed by atoms with Crippen LogP contribution in [-0.2, 0) is 5.33 Å². The van der Waals surface area contributed by atoms with E-state index in [2.05, 4.69) is 20.9 Å². The molecule has 2 aromatic rings. The van der Waals surface area contributed by atoms with Crippen molar-refractivity contribution >= 4 is 43.8 Å². The molecule has 1 nitrogen and oxygen atoms in total. The third-order valence-electron chi connectivity index (χ3n) is 1.95. The number of hydrogen-bond donors (Lipinski definition) is 0. The van der Waals surface area contributed by atoms with Crippen LogP contribution in [0.2, 0.25) is 0 Å². The van der Waals surface area contributed by atoms with Crippen molar-refractivity contribution in [2.45, 2.75) is 5.33 Å². The molecule has 14 heavy (non-hydrogen) atoms. The minimum atomic E-state index is -0.264. The molecule has 1 aromatic carbocycles. The minimum Gasteiger partial charge on any atom is -0.253 e. The molecule has 0 aliphatic heterocycles. The normalized spacial score (nSPS) is 9.86. The summed E-state index contributed by atoms with van der Waals surface area (Å²) in [5.41, 5.74) is 1.50. The van der Waals surface area contributed by atoms with Crippen molar-refractivity contribution in [2.75, 3.05) is 0 Å². The Labute approximate surface area is 100 Å². The van der Waals surface area contributed by atoms with Gasteiger partial charge in [0.25, 0.3) is 0 Å². The van der Waals surface area contributed by atoms with Gasteiger partial charge in [-0.3, -0.25) is 4.98 Å². The van der Waals surface area contributed by atoms with Crippen molar-refractivity contribution in [3.63, 3.8) is 0 Å². The van der Waals surface area contributed by atoms with Gasteiger partial charge < -0.3 is 0 Å². The standard InChI is InChI=1S/C10H7BrFN.BrH/c11-6-7-3-4-9(12)10-8(7)2-1-5-13-10;/h1-5H,6H2;1H. The molecular formula is C10H8Br2FN. The highest BCUT2D eigenvalue weighted by atomic mass is 79.9. The number of rotatable bonds is 1. The fourth-order valence-corrected chi connectivity index (χ4v) is 1.80. The molecule has 0 atom stereocenters. The minimum absolute atomic E-state index is 0. The van der Waals surface area contributed by atoms with E-state index >= 15 is 0 Å². The second-order valence-electron chi connectivity index (χ2n) is 2.74. The van der Waals surface area contributed by atoms with E-state index in [-0.39, 0.29) is 22.8 Å². The summed E-state index contributed by atoms with van der Waals surface area (Å²) in [7, 11) is 0. The SMILES string of the molecule is Br.Fc1ccc(CBr)c2cccnc12. The molecule has 4 heteroatoms. The number of pyridine rings is 1. The van der Waals surface area contributed by atoms with E-state index in [4.69, 9.17) is 0 Å². The van der Waals surface area contributed by atoms with Gasteiger partial charge in [0.1, 0.15) is 11.3 Å². The van der Waals surface area contributed by atoms with Crippen LogP contribution in [0.5, 0.6) is 0 Å². The molecule has 74 valence electrons. The molecule has 0 saturated carbocycles. The van der Waals surface area contributed by atoms with Crippen molar-refractivity contribution in [3.8, 4) is 0 Å². The fraction of sp³-hybridized carbons (Fsp3) is 0.100. The Morgan fingerprint density at radius 1 is 1.29 bits per heavy atom. The Kier molecular flexibility index (Phi) is 4.01. The summed E-state index contributed by atoms with van der Waals surface area (Å²) < 4.78 is 13.2. The monoisotopic (exact) mass is 319 g/mol. The van der Waals surface area contributed by atoms with Crippen LogP contribution in [-0.4, -0.2) is 4.98 Å². The van der Waals surface area contributed by atoms with Gasteiger partial charge in [-0.15, -0.1) is 17.0 Å². The second kappa shape index (κ2) is 4.84. The highest BCUT2D eigenvalue weighted by Gasteiger charge is 2.04. The highest BCUT2D eigenvalue weighted by Crippen LogP contribution is 2.21. The fourth-order valence-electron chi connectivity index (χ4n) is 1.31. The van der Waals surface area contributed by atoms with Gasteiger partial charge in [0.2, 0.25) is 0 Å². The molecule has 2 rings (SSSR count). The topological polar surface area (TPSA) is 12.9 Å². The summed E-state index contributed by atoms with van der Waals surface area (Å²) in [6.07, 6.45) is 1.60. The van der Waals surface area contributed by atoms with E-state index in [9.17, 15) is 4.39 Å². The zero-order valence-electron chi connectivity index (χ0n) is 7.21. The summed E-state index contributed by atoms with van der Waals surface area (Å²) in [5, 5.41) is 1.59. The number of aromatic nitrogens is 1. The van der Waals surface area contributed by atoms with Gasteiger partial charge in [0, 0.05) is 16.9 Å². The first kappa shape index (κ1) is 11.6. The van der Waals surface area contributed by atoms with Gasteiger partial charge in [-0.1, -0.05) is 28.1 Å². The Morgan fingerprint density at radius 3 is 2.79 bits per heavy atom. The smallest absolute Gasteiger partial charge is 0.149 e. The molecule has 0 aliphatic carbocycles. The number of halogens is 3.